The molecule has 1 aromatic heterocycles. The monoisotopic (exact) mass is 455 g/mol. The molecule has 172 valence electrons. The van der Waals surface area contributed by atoms with Gasteiger partial charge in [-0.05, 0) is 43.0 Å². The number of hydrogen-bond donors (Lipinski definition) is 3. The lowest BCUT2D eigenvalue weighted by molar-refractivity contribution is -0.260. The number of aromatic hydroxyl groups is 1. The molecule has 0 aliphatic heterocycles. The summed E-state index contributed by atoms with van der Waals surface area (Å²) in [6, 6.07) is 5.68. The van der Waals surface area contributed by atoms with Crippen molar-refractivity contribution in [3.05, 3.63) is 59.6 Å². The van der Waals surface area contributed by atoms with Crippen LogP contribution in [-0.2, 0) is 5.41 Å². The number of hydrogen-bond acceptors (Lipinski definition) is 5. The predicted molar refractivity (Wildman–Crippen MR) is 109 cm³/mol. The highest BCUT2D eigenvalue weighted by molar-refractivity contribution is 5.91. The number of aliphatic hydroxyl groups is 1. The molecule has 0 fully saturated rings. The number of aryl methyl sites for hydroxylation is 1. The average molecular weight is 455 g/mol. The zero-order valence-corrected chi connectivity index (χ0v) is 17.6. The topological polar surface area (TPSA) is 78.3 Å². The van der Waals surface area contributed by atoms with E-state index in [1.807, 2.05) is 0 Å². The van der Waals surface area contributed by atoms with Crippen LogP contribution in [0.1, 0.15) is 31.7 Å². The van der Waals surface area contributed by atoms with Gasteiger partial charge in [0, 0.05) is 22.8 Å². The molecule has 3 rings (SSSR count). The molecule has 1 unspecified atom stereocenters. The van der Waals surface area contributed by atoms with Crippen molar-refractivity contribution < 1.29 is 32.2 Å². The van der Waals surface area contributed by atoms with Gasteiger partial charge in [0.15, 0.2) is 5.60 Å². The van der Waals surface area contributed by atoms with E-state index in [-0.39, 0.29) is 28.0 Å². The molecule has 1 heterocycles. The number of aromatic nitrogens is 2. The second kappa shape index (κ2) is 8.16. The first-order chi connectivity index (χ1) is 14.7. The van der Waals surface area contributed by atoms with Crippen LogP contribution in [0, 0.1) is 18.6 Å². The molecule has 1 atom stereocenters. The first kappa shape index (κ1) is 23.6. The van der Waals surface area contributed by atoms with Gasteiger partial charge in [0.1, 0.15) is 28.7 Å². The first-order valence-corrected chi connectivity index (χ1v) is 9.68. The van der Waals surface area contributed by atoms with Crippen molar-refractivity contribution in [1.82, 2.24) is 9.97 Å². The van der Waals surface area contributed by atoms with Gasteiger partial charge in [-0.15, -0.1) is 0 Å². The van der Waals surface area contributed by atoms with Gasteiger partial charge in [0.2, 0.25) is 0 Å². The number of alkyl halides is 3. The van der Waals surface area contributed by atoms with Gasteiger partial charge in [-0.2, -0.15) is 13.2 Å². The molecule has 0 saturated heterocycles. The van der Waals surface area contributed by atoms with E-state index in [1.165, 1.54) is 32.2 Å². The van der Waals surface area contributed by atoms with Gasteiger partial charge < -0.3 is 15.5 Å². The van der Waals surface area contributed by atoms with Crippen LogP contribution >= 0.6 is 0 Å². The van der Waals surface area contributed by atoms with Crippen LogP contribution in [0.15, 0.2) is 36.5 Å². The third-order valence-electron chi connectivity index (χ3n) is 5.32. The minimum absolute atomic E-state index is 0.0744. The summed E-state index contributed by atoms with van der Waals surface area (Å²) in [4.78, 5) is 7.92. The summed E-state index contributed by atoms with van der Waals surface area (Å²) < 4.78 is 70.3. The highest BCUT2D eigenvalue weighted by Crippen LogP contribution is 2.44. The van der Waals surface area contributed by atoms with Gasteiger partial charge in [0.05, 0.1) is 6.54 Å². The Morgan fingerprint density at radius 2 is 1.72 bits per heavy atom. The van der Waals surface area contributed by atoms with Crippen LogP contribution in [0.25, 0.3) is 10.9 Å². The summed E-state index contributed by atoms with van der Waals surface area (Å²) >= 11 is 0. The maximum atomic E-state index is 14.3. The number of phenols is 1. The minimum atomic E-state index is -5.10. The third-order valence-corrected chi connectivity index (χ3v) is 5.32. The molecule has 0 radical (unpaired) electrons. The van der Waals surface area contributed by atoms with Crippen LogP contribution in [-0.4, -0.2) is 38.5 Å². The van der Waals surface area contributed by atoms with E-state index in [4.69, 9.17) is 0 Å². The Bertz CT molecular complexity index is 1130. The Balaban J connectivity index is 1.96. The summed E-state index contributed by atoms with van der Waals surface area (Å²) in [6.07, 6.45) is -4.78. The Morgan fingerprint density at radius 1 is 1.03 bits per heavy atom. The Kier molecular flexibility index (Phi) is 6.03. The number of rotatable bonds is 6. The summed E-state index contributed by atoms with van der Waals surface area (Å²) in [5.74, 6) is -1.78. The fourth-order valence-corrected chi connectivity index (χ4v) is 3.84. The van der Waals surface area contributed by atoms with Crippen molar-refractivity contribution >= 4 is 16.6 Å². The van der Waals surface area contributed by atoms with Crippen molar-refractivity contribution in [2.45, 2.75) is 44.4 Å². The van der Waals surface area contributed by atoms with Gasteiger partial charge >= 0.3 is 6.18 Å². The molecule has 0 bridgehead atoms. The molecule has 0 aliphatic carbocycles. The number of nitrogens with zero attached hydrogens (tertiary/aromatic N) is 2. The van der Waals surface area contributed by atoms with E-state index in [0.29, 0.717) is 0 Å². The zero-order chi connectivity index (χ0) is 23.9. The van der Waals surface area contributed by atoms with Crippen LogP contribution in [0.5, 0.6) is 5.75 Å². The third kappa shape index (κ3) is 4.45. The Morgan fingerprint density at radius 3 is 2.34 bits per heavy atom. The van der Waals surface area contributed by atoms with E-state index in [0.717, 1.165) is 18.2 Å². The molecule has 3 N–H and O–H groups in total. The number of nitrogens with one attached hydrogen (secondary N) is 1. The van der Waals surface area contributed by atoms with Crippen LogP contribution in [0.3, 0.4) is 0 Å². The van der Waals surface area contributed by atoms with Gasteiger partial charge in [-0.1, -0.05) is 19.9 Å². The number of benzene rings is 2. The Hall–Kier alpha value is -3.01. The predicted octanol–water partition coefficient (Wildman–Crippen LogP) is 5.00. The maximum absolute atomic E-state index is 14.3. The fourth-order valence-electron chi connectivity index (χ4n) is 3.84. The summed E-state index contributed by atoms with van der Waals surface area (Å²) in [7, 11) is 0. The van der Waals surface area contributed by atoms with E-state index >= 15 is 0 Å². The van der Waals surface area contributed by atoms with Crippen LogP contribution in [0.2, 0.25) is 0 Å². The Labute approximate surface area is 180 Å². The standard InChI is InChI=1S/C22H22F5N3O2/c1-12-28-9-13-16(8-7-15(24)19(13)30-12)29-11-21(32,22(25,26)27)10-20(2,3)18-14(23)5-4-6-17(18)31/h4-9,29,31-32H,10-11H2,1-3H3. The molecule has 10 heteroatoms. The molecule has 0 saturated carbocycles. The number of phenolic OH excluding ortho intramolecular Hbond substituents is 1. The lowest BCUT2D eigenvalue weighted by Gasteiger charge is -2.38. The summed E-state index contributed by atoms with van der Waals surface area (Å²) in [6.45, 7) is 3.13. The first-order valence-electron chi connectivity index (χ1n) is 9.68. The van der Waals surface area contributed by atoms with E-state index in [2.05, 4.69) is 15.3 Å². The van der Waals surface area contributed by atoms with E-state index in [9.17, 15) is 32.2 Å². The van der Waals surface area contributed by atoms with E-state index < -0.39 is 47.5 Å². The average Bonchev–Trinajstić information content (AvgIpc) is 2.66. The molecule has 3 aromatic rings. The van der Waals surface area contributed by atoms with Crippen molar-refractivity contribution in [1.29, 1.82) is 0 Å². The second-order valence-electron chi connectivity index (χ2n) is 8.35. The van der Waals surface area contributed by atoms with Gasteiger partial charge in [-0.3, -0.25) is 0 Å². The molecule has 0 amide bonds. The SMILES string of the molecule is Cc1ncc2c(NCC(O)(CC(C)(C)c3c(O)cccc3F)C(F)(F)F)ccc(F)c2n1. The highest BCUT2D eigenvalue weighted by atomic mass is 19.4. The smallest absolute Gasteiger partial charge is 0.418 e. The molecular formula is C22H22F5N3O2. The molecular weight excluding hydrogens is 433 g/mol. The van der Waals surface area contributed by atoms with Crippen molar-refractivity contribution in [3.63, 3.8) is 0 Å². The lowest BCUT2D eigenvalue weighted by Crippen LogP contribution is -2.53. The van der Waals surface area contributed by atoms with Crippen molar-refractivity contribution in [3.8, 4) is 5.75 Å². The fraction of sp³-hybridized carbons (Fsp3) is 0.364. The number of fused-ring (bicyclic) bond motifs is 1. The molecule has 0 spiro atoms. The van der Waals surface area contributed by atoms with Crippen LogP contribution in [0.4, 0.5) is 27.6 Å². The number of anilines is 1. The highest BCUT2D eigenvalue weighted by Gasteiger charge is 2.56. The maximum Gasteiger partial charge on any atom is 0.418 e. The molecule has 5 nitrogen and oxygen atoms in total. The second-order valence-corrected chi connectivity index (χ2v) is 8.35. The lowest BCUT2D eigenvalue weighted by atomic mass is 9.74. The quantitative estimate of drug-likeness (QED) is 0.456. The summed E-state index contributed by atoms with van der Waals surface area (Å²) in [5.41, 5.74) is -5.21. The molecule has 0 aliphatic rings. The zero-order valence-electron chi connectivity index (χ0n) is 17.6. The van der Waals surface area contributed by atoms with Gasteiger partial charge in [0.25, 0.3) is 0 Å². The largest absolute Gasteiger partial charge is 0.508 e. The molecule has 32 heavy (non-hydrogen) atoms. The summed E-state index contributed by atoms with van der Waals surface area (Å²) in [5, 5.41) is 23.4. The minimum Gasteiger partial charge on any atom is -0.508 e. The van der Waals surface area contributed by atoms with Crippen molar-refractivity contribution in [2.24, 2.45) is 0 Å². The molecule has 2 aromatic carbocycles. The van der Waals surface area contributed by atoms with Gasteiger partial charge in [-0.25, -0.2) is 18.7 Å². The normalized spacial score (nSPS) is 14.4. The van der Waals surface area contributed by atoms with E-state index in [1.54, 1.807) is 6.92 Å². The van der Waals surface area contributed by atoms with Crippen molar-refractivity contribution in [2.75, 3.05) is 11.9 Å². The van der Waals surface area contributed by atoms with Crippen LogP contribution < -0.4 is 5.32 Å². The number of halogens is 5.